The van der Waals surface area contributed by atoms with Crippen molar-refractivity contribution in [3.05, 3.63) is 20.9 Å². The molecule has 1 rings (SSSR count). The molecule has 0 radical (unpaired) electrons. The minimum absolute atomic E-state index is 0.106. The van der Waals surface area contributed by atoms with Gasteiger partial charge in [0.25, 0.3) is 0 Å². The number of hydrogen-bond donors (Lipinski definition) is 2. The Kier molecular flexibility index (Phi) is 2.38. The van der Waals surface area contributed by atoms with Crippen LogP contribution >= 0.6 is 11.3 Å². The number of hydrogen-bond acceptors (Lipinski definition) is 3. The number of aromatic carboxylic acids is 2. The van der Waals surface area contributed by atoms with Gasteiger partial charge in [0.2, 0.25) is 0 Å². The molecule has 1 aromatic rings. The van der Waals surface area contributed by atoms with Crippen LogP contribution in [0.25, 0.3) is 0 Å². The first-order valence-electron chi connectivity index (χ1n) is 3.51. The third-order valence-electron chi connectivity index (χ3n) is 1.73. The summed E-state index contributed by atoms with van der Waals surface area (Å²) in [6, 6.07) is 0. The molecule has 0 spiro atoms. The van der Waals surface area contributed by atoms with Gasteiger partial charge in [-0.25, -0.2) is 9.59 Å². The Bertz CT molecular complexity index is 378. The summed E-state index contributed by atoms with van der Waals surface area (Å²) in [6.45, 7) is 3.12. The summed E-state index contributed by atoms with van der Waals surface area (Å²) >= 11 is 0.997. The lowest BCUT2D eigenvalue weighted by Crippen LogP contribution is -2.01. The molecule has 1 aromatic heterocycles. The van der Waals surface area contributed by atoms with E-state index in [4.69, 9.17) is 10.2 Å². The Morgan fingerprint density at radius 2 is 1.69 bits per heavy atom. The molecule has 70 valence electrons. The second kappa shape index (κ2) is 3.18. The van der Waals surface area contributed by atoms with Crippen LogP contribution in [-0.4, -0.2) is 22.2 Å². The minimum atomic E-state index is -1.07. The fraction of sp³-hybridized carbons (Fsp3) is 0.250. The quantitative estimate of drug-likeness (QED) is 0.762. The van der Waals surface area contributed by atoms with E-state index in [1.54, 1.807) is 6.92 Å². The van der Waals surface area contributed by atoms with Crippen LogP contribution in [0, 0.1) is 13.8 Å². The average Bonchev–Trinajstić information content (AvgIpc) is 2.26. The number of thiophene rings is 1. The van der Waals surface area contributed by atoms with Crippen LogP contribution in [-0.2, 0) is 0 Å². The normalized spacial score (nSPS) is 10.0. The minimum Gasteiger partial charge on any atom is -0.478 e. The van der Waals surface area contributed by atoms with Gasteiger partial charge in [-0.1, -0.05) is 0 Å². The molecule has 0 aliphatic carbocycles. The van der Waals surface area contributed by atoms with Gasteiger partial charge >= 0.3 is 11.9 Å². The number of rotatable bonds is 2. The maximum Gasteiger partial charge on any atom is 0.346 e. The Morgan fingerprint density at radius 3 is 1.92 bits per heavy atom. The van der Waals surface area contributed by atoms with E-state index in [1.165, 1.54) is 6.92 Å². The van der Waals surface area contributed by atoms with Crippen molar-refractivity contribution >= 4 is 23.3 Å². The molecule has 0 saturated heterocycles. The summed E-state index contributed by atoms with van der Waals surface area (Å²) in [5.41, 5.74) is 0.449. The summed E-state index contributed by atoms with van der Waals surface area (Å²) in [7, 11) is 0. The molecule has 0 aromatic carbocycles. The number of carboxylic acids is 2. The molecule has 0 aliphatic rings. The first kappa shape index (κ1) is 9.73. The molecule has 0 amide bonds. The highest BCUT2D eigenvalue weighted by molar-refractivity contribution is 7.14. The van der Waals surface area contributed by atoms with Crippen LogP contribution < -0.4 is 0 Å². The molecule has 0 aliphatic heterocycles. The molecular formula is C8H8O4S. The van der Waals surface area contributed by atoms with Crippen molar-refractivity contribution in [1.82, 2.24) is 0 Å². The van der Waals surface area contributed by atoms with Gasteiger partial charge in [0.05, 0.1) is 5.56 Å². The van der Waals surface area contributed by atoms with Crippen LogP contribution in [0.15, 0.2) is 0 Å². The van der Waals surface area contributed by atoms with Gasteiger partial charge in [-0.3, -0.25) is 0 Å². The van der Waals surface area contributed by atoms with E-state index in [-0.39, 0.29) is 10.4 Å². The lowest BCUT2D eigenvalue weighted by Gasteiger charge is -1.93. The molecule has 0 saturated carbocycles. The molecule has 4 nitrogen and oxygen atoms in total. The molecule has 0 fully saturated rings. The highest BCUT2D eigenvalue weighted by Crippen LogP contribution is 2.27. The zero-order chi connectivity index (χ0) is 10.2. The molecule has 0 atom stereocenters. The first-order valence-corrected chi connectivity index (χ1v) is 4.33. The van der Waals surface area contributed by atoms with Crippen molar-refractivity contribution in [1.29, 1.82) is 0 Å². The average molecular weight is 200 g/mol. The topological polar surface area (TPSA) is 74.6 Å². The molecule has 1 heterocycles. The second-order valence-electron chi connectivity index (χ2n) is 2.60. The van der Waals surface area contributed by atoms with Gasteiger partial charge in [-0.2, -0.15) is 0 Å². The number of carbonyl (C=O) groups is 2. The number of aryl methyl sites for hydroxylation is 1. The smallest absolute Gasteiger partial charge is 0.346 e. The van der Waals surface area contributed by atoms with Crippen molar-refractivity contribution in [3.63, 3.8) is 0 Å². The van der Waals surface area contributed by atoms with Crippen molar-refractivity contribution in [2.24, 2.45) is 0 Å². The van der Waals surface area contributed by atoms with E-state index in [2.05, 4.69) is 0 Å². The van der Waals surface area contributed by atoms with E-state index in [9.17, 15) is 9.59 Å². The van der Waals surface area contributed by atoms with Crippen LogP contribution in [0.4, 0.5) is 0 Å². The van der Waals surface area contributed by atoms with E-state index in [0.717, 1.165) is 11.3 Å². The molecule has 0 unspecified atom stereocenters. The molecule has 5 heteroatoms. The number of carboxylic acid groups (broad SMARTS) is 2. The van der Waals surface area contributed by atoms with Gasteiger partial charge in [0.15, 0.2) is 0 Å². The second-order valence-corrected chi connectivity index (χ2v) is 3.82. The Balaban J connectivity index is 3.39. The summed E-state index contributed by atoms with van der Waals surface area (Å²) < 4.78 is 0. The summed E-state index contributed by atoms with van der Waals surface area (Å²) in [5.74, 6) is -2.14. The van der Waals surface area contributed by atoms with E-state index in [1.807, 2.05) is 0 Å². The zero-order valence-corrected chi connectivity index (χ0v) is 7.94. The Labute approximate surface area is 78.4 Å². The Morgan fingerprint density at radius 1 is 1.15 bits per heavy atom. The fourth-order valence-corrected chi connectivity index (χ4v) is 2.16. The lowest BCUT2D eigenvalue weighted by molar-refractivity contribution is 0.0695. The molecule has 2 N–H and O–H groups in total. The summed E-state index contributed by atoms with van der Waals surface area (Å²) in [6.07, 6.45) is 0. The highest BCUT2D eigenvalue weighted by atomic mass is 32.1. The van der Waals surface area contributed by atoms with Crippen molar-refractivity contribution < 1.29 is 19.8 Å². The van der Waals surface area contributed by atoms with E-state index in [0.29, 0.717) is 10.4 Å². The third-order valence-corrected chi connectivity index (χ3v) is 2.93. The van der Waals surface area contributed by atoms with Crippen LogP contribution in [0.1, 0.15) is 30.5 Å². The largest absolute Gasteiger partial charge is 0.478 e. The van der Waals surface area contributed by atoms with Crippen LogP contribution in [0.3, 0.4) is 0 Å². The van der Waals surface area contributed by atoms with E-state index < -0.39 is 11.9 Å². The third kappa shape index (κ3) is 1.55. The zero-order valence-electron chi connectivity index (χ0n) is 7.12. The van der Waals surface area contributed by atoms with Crippen LogP contribution in [0.2, 0.25) is 0 Å². The predicted molar refractivity (Wildman–Crippen MR) is 47.7 cm³/mol. The molecule has 13 heavy (non-hydrogen) atoms. The van der Waals surface area contributed by atoms with Gasteiger partial charge < -0.3 is 10.2 Å². The predicted octanol–water partition coefficient (Wildman–Crippen LogP) is 1.76. The SMILES string of the molecule is Cc1sc(C(=O)O)c(C)c1C(=O)O. The van der Waals surface area contributed by atoms with Gasteiger partial charge in [0, 0.05) is 4.88 Å². The summed E-state index contributed by atoms with van der Waals surface area (Å²) in [5, 5.41) is 17.5. The highest BCUT2D eigenvalue weighted by Gasteiger charge is 2.21. The molecule has 0 bridgehead atoms. The lowest BCUT2D eigenvalue weighted by atomic mass is 10.1. The monoisotopic (exact) mass is 200 g/mol. The van der Waals surface area contributed by atoms with Gasteiger partial charge in [-0.15, -0.1) is 11.3 Å². The van der Waals surface area contributed by atoms with Gasteiger partial charge in [0.1, 0.15) is 4.88 Å². The van der Waals surface area contributed by atoms with Crippen molar-refractivity contribution in [2.75, 3.05) is 0 Å². The van der Waals surface area contributed by atoms with Crippen molar-refractivity contribution in [3.8, 4) is 0 Å². The van der Waals surface area contributed by atoms with Crippen LogP contribution in [0.5, 0.6) is 0 Å². The maximum absolute atomic E-state index is 10.7. The van der Waals surface area contributed by atoms with E-state index >= 15 is 0 Å². The molecular weight excluding hydrogens is 192 g/mol. The standard InChI is InChI=1S/C8H8O4S/c1-3-5(7(9)10)4(2)13-6(3)8(11)12/h1-2H3,(H,9,10)(H,11,12). The fourth-order valence-electron chi connectivity index (χ4n) is 1.17. The Hall–Kier alpha value is -1.36. The maximum atomic E-state index is 10.7. The van der Waals surface area contributed by atoms with Crippen molar-refractivity contribution in [2.45, 2.75) is 13.8 Å². The first-order chi connectivity index (χ1) is 5.95. The van der Waals surface area contributed by atoms with Gasteiger partial charge in [-0.05, 0) is 19.4 Å². The summed E-state index contributed by atoms with van der Waals surface area (Å²) in [4.78, 5) is 22.0.